The van der Waals surface area contributed by atoms with Gasteiger partial charge in [-0.1, -0.05) is 32.0 Å². The van der Waals surface area contributed by atoms with Crippen molar-refractivity contribution in [3.05, 3.63) is 34.9 Å². The molecule has 2 aliphatic heterocycles. The van der Waals surface area contributed by atoms with Crippen LogP contribution in [0.25, 0.3) is 0 Å². The van der Waals surface area contributed by atoms with Crippen molar-refractivity contribution in [3.8, 4) is 0 Å². The van der Waals surface area contributed by atoms with Crippen LogP contribution in [-0.4, -0.2) is 48.0 Å². The Balaban J connectivity index is 1.31. The molecule has 7 nitrogen and oxygen atoms in total. The molecule has 3 amide bonds. The van der Waals surface area contributed by atoms with Crippen LogP contribution in [0.5, 0.6) is 0 Å². The van der Waals surface area contributed by atoms with E-state index in [0.717, 1.165) is 43.6 Å². The van der Waals surface area contributed by atoms with E-state index in [1.807, 2.05) is 18.2 Å². The van der Waals surface area contributed by atoms with E-state index in [0.29, 0.717) is 30.9 Å². The maximum atomic E-state index is 12.9. The quantitative estimate of drug-likeness (QED) is 0.662. The van der Waals surface area contributed by atoms with Crippen LogP contribution < -0.4 is 10.6 Å². The molecule has 2 saturated heterocycles. The number of imide groups is 1. The number of piperidine rings is 2. The SMILES string of the molecule is CC(C)CN1CCC(C(=O)NCc2ccc3c(c2)CC(C2CCC(=O)NC2=O)C3=O)CC1. The van der Waals surface area contributed by atoms with Crippen molar-refractivity contribution in [2.45, 2.75) is 52.5 Å². The van der Waals surface area contributed by atoms with Crippen molar-refractivity contribution >= 4 is 23.5 Å². The van der Waals surface area contributed by atoms with Crippen LogP contribution in [0.15, 0.2) is 18.2 Å². The maximum absolute atomic E-state index is 12.9. The summed E-state index contributed by atoms with van der Waals surface area (Å²) in [5, 5.41) is 5.43. The molecule has 1 aliphatic carbocycles. The van der Waals surface area contributed by atoms with Crippen molar-refractivity contribution in [1.82, 2.24) is 15.5 Å². The first-order valence-electron chi connectivity index (χ1n) is 11.8. The van der Waals surface area contributed by atoms with Gasteiger partial charge in [0, 0.05) is 42.8 Å². The molecule has 172 valence electrons. The summed E-state index contributed by atoms with van der Waals surface area (Å²) in [6.07, 6.45) is 3.00. The summed E-state index contributed by atoms with van der Waals surface area (Å²) in [5.74, 6) is -0.660. The number of ketones is 1. The molecule has 0 bridgehead atoms. The number of hydrogen-bond acceptors (Lipinski definition) is 5. The molecule has 0 saturated carbocycles. The van der Waals surface area contributed by atoms with Crippen LogP contribution in [0.3, 0.4) is 0 Å². The van der Waals surface area contributed by atoms with Gasteiger partial charge in [-0.2, -0.15) is 0 Å². The summed E-state index contributed by atoms with van der Waals surface area (Å²) in [4.78, 5) is 51.6. The number of hydrogen-bond donors (Lipinski definition) is 2. The van der Waals surface area contributed by atoms with Gasteiger partial charge in [-0.05, 0) is 55.8 Å². The third kappa shape index (κ3) is 4.93. The molecule has 3 aliphatic rings. The number of nitrogens with zero attached hydrogens (tertiary/aromatic N) is 1. The highest BCUT2D eigenvalue weighted by Gasteiger charge is 2.41. The molecule has 2 atom stereocenters. The topological polar surface area (TPSA) is 95.6 Å². The molecule has 32 heavy (non-hydrogen) atoms. The number of fused-ring (bicyclic) bond motifs is 1. The summed E-state index contributed by atoms with van der Waals surface area (Å²) in [7, 11) is 0. The van der Waals surface area contributed by atoms with Crippen LogP contribution in [0.4, 0.5) is 0 Å². The highest BCUT2D eigenvalue weighted by Crippen LogP contribution is 2.35. The minimum absolute atomic E-state index is 0.0155. The standard InChI is InChI=1S/C25H33N3O4/c1-15(2)14-28-9-7-17(8-10-28)24(31)26-13-16-3-4-19-18(11-16)12-21(23(19)30)20-5-6-22(29)27-25(20)32/h3-4,11,15,17,20-21H,5-10,12-14H2,1-2H3,(H,26,31)(H,27,29,32). The van der Waals surface area contributed by atoms with Crippen molar-refractivity contribution in [2.75, 3.05) is 19.6 Å². The second-order valence-electron chi connectivity index (χ2n) is 9.91. The number of Topliss-reactive ketones (excluding diaryl/α,β-unsaturated/α-hetero) is 1. The maximum Gasteiger partial charge on any atom is 0.230 e. The fourth-order valence-electron chi connectivity index (χ4n) is 5.34. The normalized spacial score (nSPS) is 24.5. The van der Waals surface area contributed by atoms with Gasteiger partial charge in [0.1, 0.15) is 0 Å². The third-order valence-electron chi connectivity index (χ3n) is 7.03. The van der Waals surface area contributed by atoms with E-state index >= 15 is 0 Å². The number of rotatable bonds is 6. The van der Waals surface area contributed by atoms with Crippen LogP contribution in [0.2, 0.25) is 0 Å². The fraction of sp³-hybridized carbons (Fsp3) is 0.600. The molecular weight excluding hydrogens is 406 g/mol. The van der Waals surface area contributed by atoms with Crippen molar-refractivity contribution in [3.63, 3.8) is 0 Å². The molecule has 0 spiro atoms. The minimum atomic E-state index is -0.447. The van der Waals surface area contributed by atoms with Gasteiger partial charge in [-0.15, -0.1) is 0 Å². The molecule has 2 unspecified atom stereocenters. The number of benzene rings is 1. The molecule has 1 aromatic rings. The van der Waals surface area contributed by atoms with Crippen LogP contribution >= 0.6 is 0 Å². The number of nitrogens with one attached hydrogen (secondary N) is 2. The molecule has 0 aromatic heterocycles. The zero-order chi connectivity index (χ0) is 22.8. The Bertz CT molecular complexity index is 918. The van der Waals surface area contributed by atoms with Gasteiger partial charge in [-0.25, -0.2) is 0 Å². The Morgan fingerprint density at radius 2 is 1.88 bits per heavy atom. The Labute approximate surface area is 189 Å². The Morgan fingerprint density at radius 1 is 1.12 bits per heavy atom. The monoisotopic (exact) mass is 439 g/mol. The van der Waals surface area contributed by atoms with Crippen LogP contribution in [-0.2, 0) is 27.3 Å². The number of carbonyl (C=O) groups excluding carboxylic acids is 4. The first-order valence-corrected chi connectivity index (χ1v) is 11.8. The zero-order valence-electron chi connectivity index (χ0n) is 19.0. The molecule has 0 radical (unpaired) electrons. The third-order valence-corrected chi connectivity index (χ3v) is 7.03. The Hall–Kier alpha value is -2.54. The Kier molecular flexibility index (Phi) is 6.74. The lowest BCUT2D eigenvalue weighted by atomic mass is 9.83. The average molecular weight is 440 g/mol. The predicted octanol–water partition coefficient (Wildman–Crippen LogP) is 2.08. The Morgan fingerprint density at radius 3 is 2.56 bits per heavy atom. The molecule has 2 N–H and O–H groups in total. The summed E-state index contributed by atoms with van der Waals surface area (Å²) < 4.78 is 0. The van der Waals surface area contributed by atoms with Crippen molar-refractivity contribution in [2.24, 2.45) is 23.7 Å². The van der Waals surface area contributed by atoms with E-state index in [2.05, 4.69) is 29.4 Å². The van der Waals surface area contributed by atoms with E-state index in [4.69, 9.17) is 0 Å². The van der Waals surface area contributed by atoms with Gasteiger partial charge in [0.05, 0.1) is 0 Å². The highest BCUT2D eigenvalue weighted by atomic mass is 16.2. The summed E-state index contributed by atoms with van der Waals surface area (Å²) in [6, 6.07) is 5.68. The first-order chi connectivity index (χ1) is 15.3. The van der Waals surface area contributed by atoms with E-state index in [-0.39, 0.29) is 35.8 Å². The number of carbonyl (C=O) groups is 4. The molecule has 4 rings (SSSR count). The predicted molar refractivity (Wildman–Crippen MR) is 120 cm³/mol. The first kappa shape index (κ1) is 22.6. The minimum Gasteiger partial charge on any atom is -0.352 e. The van der Waals surface area contributed by atoms with Gasteiger partial charge >= 0.3 is 0 Å². The lowest BCUT2D eigenvalue weighted by molar-refractivity contribution is -0.137. The lowest BCUT2D eigenvalue weighted by Gasteiger charge is -2.32. The summed E-state index contributed by atoms with van der Waals surface area (Å²) in [6.45, 7) is 7.90. The largest absolute Gasteiger partial charge is 0.352 e. The van der Waals surface area contributed by atoms with Gasteiger partial charge in [-0.3, -0.25) is 24.5 Å². The van der Waals surface area contributed by atoms with Gasteiger partial charge < -0.3 is 10.2 Å². The molecular formula is C25H33N3O4. The van der Waals surface area contributed by atoms with Crippen molar-refractivity contribution < 1.29 is 19.2 Å². The van der Waals surface area contributed by atoms with E-state index in [1.165, 1.54) is 0 Å². The van der Waals surface area contributed by atoms with E-state index in [1.54, 1.807) is 0 Å². The number of amides is 3. The van der Waals surface area contributed by atoms with Crippen LogP contribution in [0.1, 0.15) is 61.0 Å². The zero-order valence-corrected chi connectivity index (χ0v) is 19.0. The summed E-state index contributed by atoms with van der Waals surface area (Å²) >= 11 is 0. The number of likely N-dealkylation sites (tertiary alicyclic amines) is 1. The van der Waals surface area contributed by atoms with Crippen molar-refractivity contribution in [1.29, 1.82) is 0 Å². The second kappa shape index (κ2) is 9.53. The lowest BCUT2D eigenvalue weighted by Crippen LogP contribution is -2.44. The average Bonchev–Trinajstić information content (AvgIpc) is 3.08. The smallest absolute Gasteiger partial charge is 0.230 e. The van der Waals surface area contributed by atoms with Gasteiger partial charge in [0.15, 0.2) is 5.78 Å². The van der Waals surface area contributed by atoms with Gasteiger partial charge in [0.2, 0.25) is 17.7 Å². The second-order valence-corrected chi connectivity index (χ2v) is 9.91. The molecule has 7 heteroatoms. The molecule has 1 aromatic carbocycles. The van der Waals surface area contributed by atoms with E-state index < -0.39 is 11.8 Å². The van der Waals surface area contributed by atoms with Gasteiger partial charge in [0.25, 0.3) is 0 Å². The van der Waals surface area contributed by atoms with Crippen LogP contribution in [0, 0.1) is 23.7 Å². The molecule has 2 heterocycles. The highest BCUT2D eigenvalue weighted by molar-refractivity contribution is 6.07. The summed E-state index contributed by atoms with van der Waals surface area (Å²) in [5.41, 5.74) is 2.55. The fourth-order valence-corrected chi connectivity index (χ4v) is 5.34. The van der Waals surface area contributed by atoms with E-state index in [9.17, 15) is 19.2 Å². The molecule has 2 fully saturated rings.